The van der Waals surface area contributed by atoms with Crippen LogP contribution < -0.4 is 11.1 Å². The lowest BCUT2D eigenvalue weighted by molar-refractivity contribution is -0.121. The van der Waals surface area contributed by atoms with Gasteiger partial charge in [0.2, 0.25) is 5.91 Å². The molecule has 1 rings (SSSR count). The lowest BCUT2D eigenvalue weighted by Gasteiger charge is -2.27. The third-order valence-electron chi connectivity index (χ3n) is 2.35. The van der Waals surface area contributed by atoms with Crippen LogP contribution in [0.25, 0.3) is 0 Å². The maximum Gasteiger partial charge on any atom is 0.234 e. The molecule has 4 heteroatoms. The van der Waals surface area contributed by atoms with E-state index < -0.39 is 0 Å². The normalized spacial score (nSPS) is 22.1. The summed E-state index contributed by atoms with van der Waals surface area (Å²) in [5.41, 5.74) is 5.27. The summed E-state index contributed by atoms with van der Waals surface area (Å²) < 4.78 is 0. The predicted molar refractivity (Wildman–Crippen MR) is 52.1 cm³/mol. The van der Waals surface area contributed by atoms with Gasteiger partial charge in [-0.25, -0.2) is 0 Å². The molecule has 1 heterocycles. The van der Waals surface area contributed by atoms with Gasteiger partial charge in [-0.2, -0.15) is 11.8 Å². The Hall–Kier alpha value is -0.220. The molecule has 1 amide bonds. The summed E-state index contributed by atoms with van der Waals surface area (Å²) in [6.45, 7) is 0. The minimum atomic E-state index is -0.214. The van der Waals surface area contributed by atoms with Gasteiger partial charge in [-0.1, -0.05) is 0 Å². The standard InChI is InChI=1S/C8H16N2OS/c1-10-7(8(9)11)6-2-4-12-5-3-6/h6-7,10H,2-5H2,1H3,(H2,9,11). The molecule has 1 aliphatic heterocycles. The van der Waals surface area contributed by atoms with Crippen LogP contribution in [0.1, 0.15) is 12.8 Å². The predicted octanol–water partition coefficient (Wildman–Crippen LogP) is 0.203. The average Bonchev–Trinajstić information content (AvgIpc) is 2.07. The third kappa shape index (κ3) is 2.38. The minimum Gasteiger partial charge on any atom is -0.368 e. The number of likely N-dealkylation sites (N-methyl/N-ethyl adjacent to an activating group) is 1. The summed E-state index contributed by atoms with van der Waals surface area (Å²) in [5.74, 6) is 2.56. The van der Waals surface area contributed by atoms with Crippen molar-refractivity contribution >= 4 is 17.7 Å². The van der Waals surface area contributed by atoms with Crippen molar-refractivity contribution in [1.82, 2.24) is 5.32 Å². The lowest BCUT2D eigenvalue weighted by Crippen LogP contribution is -2.45. The van der Waals surface area contributed by atoms with Gasteiger partial charge in [-0.3, -0.25) is 4.79 Å². The summed E-state index contributed by atoms with van der Waals surface area (Å²) in [6.07, 6.45) is 2.22. The SMILES string of the molecule is CNC(C(N)=O)C1CCSCC1. The first-order chi connectivity index (χ1) is 5.75. The second-order valence-electron chi connectivity index (χ2n) is 3.12. The molecule has 1 saturated heterocycles. The van der Waals surface area contributed by atoms with Crippen LogP contribution in [-0.2, 0) is 4.79 Å². The van der Waals surface area contributed by atoms with Crippen LogP contribution in [0.2, 0.25) is 0 Å². The number of nitrogens with two attached hydrogens (primary N) is 1. The molecule has 0 bridgehead atoms. The quantitative estimate of drug-likeness (QED) is 0.665. The molecule has 12 heavy (non-hydrogen) atoms. The average molecular weight is 188 g/mol. The fourth-order valence-corrected chi connectivity index (χ4v) is 2.80. The molecule has 1 atom stereocenters. The number of hydrogen-bond donors (Lipinski definition) is 2. The van der Waals surface area contributed by atoms with Crippen molar-refractivity contribution in [3.63, 3.8) is 0 Å². The lowest BCUT2D eigenvalue weighted by atomic mass is 9.93. The Labute approximate surface area is 77.5 Å². The summed E-state index contributed by atoms with van der Waals surface area (Å²) >= 11 is 1.96. The van der Waals surface area contributed by atoms with E-state index in [1.165, 1.54) is 0 Å². The highest BCUT2D eigenvalue weighted by Gasteiger charge is 2.26. The van der Waals surface area contributed by atoms with E-state index in [0.717, 1.165) is 24.3 Å². The van der Waals surface area contributed by atoms with E-state index in [9.17, 15) is 4.79 Å². The molecule has 3 N–H and O–H groups in total. The Bertz CT molecular complexity index is 157. The van der Waals surface area contributed by atoms with Crippen molar-refractivity contribution in [3.8, 4) is 0 Å². The van der Waals surface area contributed by atoms with Crippen LogP contribution in [0.5, 0.6) is 0 Å². The molecule has 3 nitrogen and oxygen atoms in total. The summed E-state index contributed by atoms with van der Waals surface area (Å²) in [5, 5.41) is 2.99. The number of thioether (sulfide) groups is 1. The largest absolute Gasteiger partial charge is 0.368 e. The fourth-order valence-electron chi connectivity index (χ4n) is 1.66. The van der Waals surface area contributed by atoms with Gasteiger partial charge in [-0.05, 0) is 37.3 Å². The molecule has 0 aromatic heterocycles. The number of nitrogens with one attached hydrogen (secondary N) is 1. The molecule has 0 aromatic rings. The maximum absolute atomic E-state index is 11.0. The summed E-state index contributed by atoms with van der Waals surface area (Å²) in [4.78, 5) is 11.0. The highest BCUT2D eigenvalue weighted by Crippen LogP contribution is 2.25. The van der Waals surface area contributed by atoms with E-state index in [4.69, 9.17) is 5.73 Å². The number of amides is 1. The van der Waals surface area contributed by atoms with Crippen molar-refractivity contribution in [2.45, 2.75) is 18.9 Å². The molecule has 1 aliphatic rings. The number of rotatable bonds is 3. The molecule has 0 aromatic carbocycles. The van der Waals surface area contributed by atoms with Gasteiger partial charge in [0.1, 0.15) is 0 Å². The Morgan fingerprint density at radius 3 is 2.58 bits per heavy atom. The van der Waals surface area contributed by atoms with E-state index in [-0.39, 0.29) is 11.9 Å². The van der Waals surface area contributed by atoms with E-state index in [0.29, 0.717) is 5.92 Å². The van der Waals surface area contributed by atoms with Crippen molar-refractivity contribution < 1.29 is 4.79 Å². The third-order valence-corrected chi connectivity index (χ3v) is 3.40. The van der Waals surface area contributed by atoms with Crippen LogP contribution in [0.4, 0.5) is 0 Å². The van der Waals surface area contributed by atoms with Gasteiger partial charge >= 0.3 is 0 Å². The first-order valence-electron chi connectivity index (χ1n) is 4.30. The van der Waals surface area contributed by atoms with Crippen LogP contribution in [0, 0.1) is 5.92 Å². The highest BCUT2D eigenvalue weighted by molar-refractivity contribution is 7.99. The van der Waals surface area contributed by atoms with Gasteiger partial charge < -0.3 is 11.1 Å². The smallest absolute Gasteiger partial charge is 0.234 e. The highest BCUT2D eigenvalue weighted by atomic mass is 32.2. The second-order valence-corrected chi connectivity index (χ2v) is 4.34. The zero-order chi connectivity index (χ0) is 8.97. The summed E-state index contributed by atoms with van der Waals surface area (Å²) in [6, 6.07) is -0.120. The molecular weight excluding hydrogens is 172 g/mol. The fraction of sp³-hybridized carbons (Fsp3) is 0.875. The van der Waals surface area contributed by atoms with E-state index in [1.807, 2.05) is 11.8 Å². The molecule has 1 unspecified atom stereocenters. The van der Waals surface area contributed by atoms with Crippen molar-refractivity contribution in [3.05, 3.63) is 0 Å². The molecule has 0 saturated carbocycles. The summed E-state index contributed by atoms with van der Waals surface area (Å²) in [7, 11) is 1.80. The van der Waals surface area contributed by atoms with Crippen LogP contribution in [0.15, 0.2) is 0 Å². The maximum atomic E-state index is 11.0. The first kappa shape index (κ1) is 9.86. The molecule has 0 spiro atoms. The number of carbonyl (C=O) groups is 1. The zero-order valence-corrected chi connectivity index (χ0v) is 8.19. The van der Waals surface area contributed by atoms with E-state index in [2.05, 4.69) is 5.32 Å². The van der Waals surface area contributed by atoms with Gasteiger partial charge in [0.05, 0.1) is 6.04 Å². The van der Waals surface area contributed by atoms with Crippen LogP contribution in [0.3, 0.4) is 0 Å². The van der Waals surface area contributed by atoms with Crippen molar-refractivity contribution in [2.75, 3.05) is 18.6 Å². The Morgan fingerprint density at radius 1 is 1.58 bits per heavy atom. The van der Waals surface area contributed by atoms with Gasteiger partial charge in [0.15, 0.2) is 0 Å². The molecule has 1 fully saturated rings. The number of hydrogen-bond acceptors (Lipinski definition) is 3. The molecule has 70 valence electrons. The van der Waals surface area contributed by atoms with Gasteiger partial charge in [0, 0.05) is 0 Å². The number of primary amides is 1. The van der Waals surface area contributed by atoms with E-state index in [1.54, 1.807) is 7.05 Å². The zero-order valence-electron chi connectivity index (χ0n) is 7.38. The van der Waals surface area contributed by atoms with Gasteiger partial charge in [0.25, 0.3) is 0 Å². The van der Waals surface area contributed by atoms with E-state index >= 15 is 0 Å². The Morgan fingerprint density at radius 2 is 2.17 bits per heavy atom. The Balaban J connectivity index is 2.46. The van der Waals surface area contributed by atoms with Crippen molar-refractivity contribution in [1.29, 1.82) is 0 Å². The minimum absolute atomic E-state index is 0.120. The first-order valence-corrected chi connectivity index (χ1v) is 5.45. The number of carbonyl (C=O) groups excluding carboxylic acids is 1. The molecule has 0 aliphatic carbocycles. The molecular formula is C8H16N2OS. The Kier molecular flexibility index (Phi) is 3.88. The van der Waals surface area contributed by atoms with Crippen molar-refractivity contribution in [2.24, 2.45) is 11.7 Å². The monoisotopic (exact) mass is 188 g/mol. The van der Waals surface area contributed by atoms with Crippen LogP contribution in [-0.4, -0.2) is 30.5 Å². The topological polar surface area (TPSA) is 55.1 Å². The molecule has 0 radical (unpaired) electrons. The second kappa shape index (κ2) is 4.72. The van der Waals surface area contributed by atoms with Gasteiger partial charge in [-0.15, -0.1) is 0 Å². The van der Waals surface area contributed by atoms with Crippen LogP contribution >= 0.6 is 11.8 Å².